The molecule has 1 atom stereocenters. The lowest BCUT2D eigenvalue weighted by atomic mass is 10.0. The lowest BCUT2D eigenvalue weighted by molar-refractivity contribution is -0.153. The molecule has 2 N–H and O–H groups in total. The summed E-state index contributed by atoms with van der Waals surface area (Å²) in [5.74, 6) is -3.40. The summed E-state index contributed by atoms with van der Waals surface area (Å²) in [6.07, 6.45) is 0.173. The smallest absolute Gasteiger partial charge is 0.329 e. The van der Waals surface area contributed by atoms with Crippen LogP contribution < -0.4 is 10.9 Å². The van der Waals surface area contributed by atoms with E-state index in [9.17, 15) is 24.0 Å². The van der Waals surface area contributed by atoms with E-state index < -0.39 is 42.2 Å². The molecule has 10 heteroatoms. The number of fused-ring (bicyclic) bond motifs is 1. The van der Waals surface area contributed by atoms with Crippen molar-refractivity contribution in [1.29, 1.82) is 0 Å². The average molecular weight is 516 g/mol. The molecule has 1 aliphatic heterocycles. The highest BCUT2D eigenvalue weighted by atomic mass is 79.9. The van der Waals surface area contributed by atoms with Gasteiger partial charge in [0.2, 0.25) is 0 Å². The number of rotatable bonds is 7. The van der Waals surface area contributed by atoms with Gasteiger partial charge in [0.15, 0.2) is 6.61 Å². The fourth-order valence-electron chi connectivity index (χ4n) is 3.31. The highest BCUT2D eigenvalue weighted by Crippen LogP contribution is 2.27. The Hall–Kier alpha value is -3.53. The Balaban J connectivity index is 1.60. The molecule has 0 fully saturated rings. The Morgan fingerprint density at radius 1 is 0.939 bits per heavy atom. The number of halogens is 1. The lowest BCUT2D eigenvalue weighted by Crippen LogP contribution is -2.48. The normalized spacial score (nSPS) is 13.5. The first kappa shape index (κ1) is 24.1. The van der Waals surface area contributed by atoms with Gasteiger partial charge in [0.05, 0.1) is 11.1 Å². The fourth-order valence-corrected chi connectivity index (χ4v) is 3.58. The summed E-state index contributed by atoms with van der Waals surface area (Å²) in [6, 6.07) is 11.6. The minimum Gasteiger partial charge on any atom is -0.454 e. The molecule has 0 saturated heterocycles. The molecule has 2 aromatic carbocycles. The molecule has 1 aliphatic rings. The number of nitrogens with one attached hydrogen (secondary N) is 2. The van der Waals surface area contributed by atoms with E-state index in [1.165, 1.54) is 12.1 Å². The molecule has 1 heterocycles. The van der Waals surface area contributed by atoms with Gasteiger partial charge in [-0.25, -0.2) is 4.79 Å². The first-order valence-electron chi connectivity index (χ1n) is 10.2. The summed E-state index contributed by atoms with van der Waals surface area (Å²) in [6.45, 7) is 2.98. The van der Waals surface area contributed by atoms with Gasteiger partial charge in [0.1, 0.15) is 6.04 Å². The molecule has 9 nitrogen and oxygen atoms in total. The molecule has 33 heavy (non-hydrogen) atoms. The van der Waals surface area contributed by atoms with Crippen molar-refractivity contribution in [3.05, 3.63) is 69.7 Å². The van der Waals surface area contributed by atoms with Crippen LogP contribution in [0.25, 0.3) is 0 Å². The van der Waals surface area contributed by atoms with Gasteiger partial charge in [0.25, 0.3) is 23.6 Å². The topological polar surface area (TPSA) is 122 Å². The molecule has 0 bridgehead atoms. The number of hydrogen-bond acceptors (Lipinski definition) is 6. The molecule has 0 aromatic heterocycles. The van der Waals surface area contributed by atoms with Crippen LogP contribution in [0.4, 0.5) is 0 Å². The van der Waals surface area contributed by atoms with E-state index in [1.54, 1.807) is 36.4 Å². The number of nitrogens with zero attached hydrogens (tertiary/aromatic N) is 1. The van der Waals surface area contributed by atoms with Gasteiger partial charge < -0.3 is 4.74 Å². The summed E-state index contributed by atoms with van der Waals surface area (Å²) in [5.41, 5.74) is 5.14. The number of benzene rings is 2. The Kier molecular flexibility index (Phi) is 7.59. The first-order chi connectivity index (χ1) is 15.7. The van der Waals surface area contributed by atoms with Gasteiger partial charge >= 0.3 is 5.97 Å². The van der Waals surface area contributed by atoms with Crippen molar-refractivity contribution >= 4 is 45.5 Å². The number of carbonyl (C=O) groups excluding carboxylic acids is 5. The van der Waals surface area contributed by atoms with Crippen molar-refractivity contribution in [2.75, 3.05) is 6.61 Å². The summed E-state index contributed by atoms with van der Waals surface area (Å²) in [5, 5.41) is 0. The Morgan fingerprint density at radius 3 is 2.06 bits per heavy atom. The number of amides is 4. The third kappa shape index (κ3) is 5.64. The van der Waals surface area contributed by atoms with Crippen molar-refractivity contribution in [3.63, 3.8) is 0 Å². The van der Waals surface area contributed by atoms with E-state index in [4.69, 9.17) is 4.74 Å². The van der Waals surface area contributed by atoms with E-state index in [1.807, 2.05) is 13.8 Å². The zero-order valence-corrected chi connectivity index (χ0v) is 19.5. The van der Waals surface area contributed by atoms with Crippen LogP contribution in [0.3, 0.4) is 0 Å². The first-order valence-corrected chi connectivity index (χ1v) is 11.0. The van der Waals surface area contributed by atoms with Gasteiger partial charge in [-0.1, -0.05) is 41.9 Å². The second-order valence-corrected chi connectivity index (χ2v) is 8.70. The minimum absolute atomic E-state index is 0.0362. The number of hydrazine groups is 1. The van der Waals surface area contributed by atoms with Gasteiger partial charge in [-0.3, -0.25) is 34.9 Å². The summed E-state index contributed by atoms with van der Waals surface area (Å²) in [7, 11) is 0. The van der Waals surface area contributed by atoms with Crippen LogP contribution in [0, 0.1) is 5.92 Å². The molecule has 2 aromatic rings. The second kappa shape index (κ2) is 10.4. The van der Waals surface area contributed by atoms with Crippen molar-refractivity contribution in [1.82, 2.24) is 15.8 Å². The molecule has 0 aliphatic carbocycles. The molecule has 0 saturated carbocycles. The van der Waals surface area contributed by atoms with Crippen molar-refractivity contribution in [2.45, 2.75) is 26.3 Å². The van der Waals surface area contributed by atoms with Crippen LogP contribution in [0.2, 0.25) is 0 Å². The number of imide groups is 1. The lowest BCUT2D eigenvalue weighted by Gasteiger charge is -2.25. The standard InChI is InChI=1S/C23H22BrN3O6/c1-13(2)11-18(27-21(30)16-5-3-4-6-17(16)22(27)31)23(32)33-12-19(28)25-26-20(29)14-7-9-15(24)10-8-14/h3-10,13,18H,11-12H2,1-2H3,(H,25,28)(H,26,29)/t18-/m1/s1. The highest BCUT2D eigenvalue weighted by Gasteiger charge is 2.43. The zero-order chi connectivity index (χ0) is 24.1. The molecule has 172 valence electrons. The van der Waals surface area contributed by atoms with E-state index in [2.05, 4.69) is 26.8 Å². The minimum atomic E-state index is -1.18. The molecule has 0 radical (unpaired) electrons. The Bertz CT molecular complexity index is 1060. The van der Waals surface area contributed by atoms with E-state index >= 15 is 0 Å². The largest absolute Gasteiger partial charge is 0.454 e. The van der Waals surface area contributed by atoms with Gasteiger partial charge in [-0.2, -0.15) is 0 Å². The van der Waals surface area contributed by atoms with Crippen molar-refractivity contribution < 1.29 is 28.7 Å². The number of hydrogen-bond donors (Lipinski definition) is 2. The van der Waals surface area contributed by atoms with E-state index in [-0.39, 0.29) is 23.5 Å². The molecular weight excluding hydrogens is 494 g/mol. The Morgan fingerprint density at radius 2 is 1.52 bits per heavy atom. The van der Waals surface area contributed by atoms with Gasteiger partial charge in [0, 0.05) is 10.0 Å². The maximum absolute atomic E-state index is 12.8. The Labute approximate surface area is 198 Å². The summed E-state index contributed by atoms with van der Waals surface area (Å²) >= 11 is 3.26. The molecule has 0 spiro atoms. The highest BCUT2D eigenvalue weighted by molar-refractivity contribution is 9.10. The predicted molar refractivity (Wildman–Crippen MR) is 121 cm³/mol. The maximum atomic E-state index is 12.8. The third-order valence-corrected chi connectivity index (χ3v) is 5.40. The van der Waals surface area contributed by atoms with Gasteiger partial charge in [-0.15, -0.1) is 0 Å². The molecular formula is C23H22BrN3O6. The van der Waals surface area contributed by atoms with Crippen LogP contribution in [0.5, 0.6) is 0 Å². The third-order valence-electron chi connectivity index (χ3n) is 4.87. The molecule has 4 amide bonds. The SMILES string of the molecule is CC(C)C[C@H](C(=O)OCC(=O)NNC(=O)c1ccc(Br)cc1)N1C(=O)c2ccccc2C1=O. The predicted octanol–water partition coefficient (Wildman–Crippen LogP) is 2.46. The molecule has 3 rings (SSSR count). The van der Waals surface area contributed by atoms with Gasteiger partial charge in [-0.05, 0) is 48.7 Å². The fraction of sp³-hybridized carbons (Fsp3) is 0.261. The summed E-state index contributed by atoms with van der Waals surface area (Å²) in [4.78, 5) is 63.3. The monoisotopic (exact) mass is 515 g/mol. The van der Waals surface area contributed by atoms with Crippen molar-refractivity contribution in [3.8, 4) is 0 Å². The van der Waals surface area contributed by atoms with E-state index in [0.29, 0.717) is 5.56 Å². The van der Waals surface area contributed by atoms with Crippen LogP contribution in [-0.2, 0) is 14.3 Å². The summed E-state index contributed by atoms with van der Waals surface area (Å²) < 4.78 is 5.87. The van der Waals surface area contributed by atoms with Crippen LogP contribution in [-0.4, -0.2) is 47.1 Å². The number of carbonyl (C=O) groups is 5. The van der Waals surface area contributed by atoms with Crippen LogP contribution in [0.15, 0.2) is 53.0 Å². The van der Waals surface area contributed by atoms with Crippen LogP contribution in [0.1, 0.15) is 51.3 Å². The zero-order valence-electron chi connectivity index (χ0n) is 18.0. The number of ether oxygens (including phenoxy) is 1. The number of esters is 1. The molecule has 0 unspecified atom stereocenters. The average Bonchev–Trinajstić information content (AvgIpc) is 3.04. The quantitative estimate of drug-likeness (QED) is 0.331. The van der Waals surface area contributed by atoms with Crippen molar-refractivity contribution in [2.24, 2.45) is 5.92 Å². The maximum Gasteiger partial charge on any atom is 0.329 e. The van der Waals surface area contributed by atoms with Crippen LogP contribution >= 0.6 is 15.9 Å². The second-order valence-electron chi connectivity index (χ2n) is 7.79. The van der Waals surface area contributed by atoms with E-state index in [0.717, 1.165) is 9.37 Å².